The van der Waals surface area contributed by atoms with Gasteiger partial charge in [-0.2, -0.15) is 11.8 Å². The third kappa shape index (κ3) is 5.98. The summed E-state index contributed by atoms with van der Waals surface area (Å²) in [5.74, 6) is 2.90. The fourth-order valence-corrected chi connectivity index (χ4v) is 2.20. The molecule has 18 heavy (non-hydrogen) atoms. The standard InChI is InChI=1S/C14H22ClNOS/c1-4-18-8-7-17-14-6-5-12(9-13(14)15)10-16-11(2)3/h5-6,9,11,16H,4,7-8,10H2,1-3H3. The average Bonchev–Trinajstić information content (AvgIpc) is 2.34. The van der Waals surface area contributed by atoms with Crippen LogP contribution < -0.4 is 10.1 Å². The molecule has 0 amide bonds. The molecule has 0 unspecified atom stereocenters. The van der Waals surface area contributed by atoms with E-state index in [0.29, 0.717) is 17.7 Å². The number of nitrogens with one attached hydrogen (secondary N) is 1. The van der Waals surface area contributed by atoms with Crippen LogP contribution in [0.25, 0.3) is 0 Å². The molecule has 0 aromatic heterocycles. The summed E-state index contributed by atoms with van der Waals surface area (Å²) in [5.41, 5.74) is 1.18. The van der Waals surface area contributed by atoms with Crippen molar-refractivity contribution in [1.29, 1.82) is 0 Å². The van der Waals surface area contributed by atoms with Crippen LogP contribution in [0.15, 0.2) is 18.2 Å². The van der Waals surface area contributed by atoms with E-state index in [1.807, 2.05) is 23.9 Å². The first-order valence-electron chi connectivity index (χ1n) is 6.35. The van der Waals surface area contributed by atoms with Crippen molar-refractivity contribution >= 4 is 23.4 Å². The van der Waals surface area contributed by atoms with Crippen molar-refractivity contribution in [2.45, 2.75) is 33.4 Å². The van der Waals surface area contributed by atoms with Crippen LogP contribution in [0, 0.1) is 0 Å². The molecule has 0 heterocycles. The van der Waals surface area contributed by atoms with Gasteiger partial charge in [-0.3, -0.25) is 0 Å². The van der Waals surface area contributed by atoms with E-state index in [1.165, 1.54) is 5.56 Å². The van der Waals surface area contributed by atoms with Crippen molar-refractivity contribution < 1.29 is 4.74 Å². The number of hydrogen-bond donors (Lipinski definition) is 1. The highest BCUT2D eigenvalue weighted by Gasteiger charge is 2.03. The highest BCUT2D eigenvalue weighted by molar-refractivity contribution is 7.99. The van der Waals surface area contributed by atoms with Crippen LogP contribution in [0.3, 0.4) is 0 Å². The highest BCUT2D eigenvalue weighted by Crippen LogP contribution is 2.25. The molecule has 1 aromatic rings. The average molecular weight is 288 g/mol. The zero-order valence-electron chi connectivity index (χ0n) is 11.3. The predicted octanol–water partition coefficient (Wildman–Crippen LogP) is 3.97. The van der Waals surface area contributed by atoms with E-state index in [9.17, 15) is 0 Å². The van der Waals surface area contributed by atoms with Crippen LogP contribution >= 0.6 is 23.4 Å². The van der Waals surface area contributed by atoms with Gasteiger partial charge >= 0.3 is 0 Å². The molecular weight excluding hydrogens is 266 g/mol. The Morgan fingerprint density at radius 1 is 1.39 bits per heavy atom. The molecule has 1 aromatic carbocycles. The summed E-state index contributed by atoms with van der Waals surface area (Å²) in [6.07, 6.45) is 0. The van der Waals surface area contributed by atoms with E-state index < -0.39 is 0 Å². The molecule has 0 atom stereocenters. The number of hydrogen-bond acceptors (Lipinski definition) is 3. The molecule has 102 valence electrons. The van der Waals surface area contributed by atoms with Crippen LogP contribution in [0.2, 0.25) is 5.02 Å². The van der Waals surface area contributed by atoms with Gasteiger partial charge in [0, 0.05) is 18.3 Å². The first-order valence-corrected chi connectivity index (χ1v) is 7.89. The van der Waals surface area contributed by atoms with E-state index in [0.717, 1.165) is 23.8 Å². The molecule has 4 heteroatoms. The van der Waals surface area contributed by atoms with Gasteiger partial charge in [-0.1, -0.05) is 38.4 Å². The van der Waals surface area contributed by atoms with Crippen LogP contribution in [0.1, 0.15) is 26.3 Å². The Kier molecular flexibility index (Phi) is 7.56. The summed E-state index contributed by atoms with van der Waals surface area (Å²) >= 11 is 8.07. The van der Waals surface area contributed by atoms with Crippen LogP contribution in [-0.4, -0.2) is 24.2 Å². The van der Waals surface area contributed by atoms with E-state index >= 15 is 0 Å². The zero-order valence-corrected chi connectivity index (χ0v) is 12.9. The normalized spacial score (nSPS) is 10.9. The van der Waals surface area contributed by atoms with Crippen LogP contribution in [0.4, 0.5) is 0 Å². The molecule has 0 radical (unpaired) electrons. The van der Waals surface area contributed by atoms with Gasteiger partial charge in [-0.05, 0) is 23.4 Å². The quantitative estimate of drug-likeness (QED) is 0.731. The van der Waals surface area contributed by atoms with Gasteiger partial charge in [0.05, 0.1) is 11.6 Å². The van der Waals surface area contributed by atoms with E-state index in [4.69, 9.17) is 16.3 Å². The Hall–Kier alpha value is -0.380. The molecule has 0 saturated carbocycles. The molecule has 0 aliphatic heterocycles. The number of rotatable bonds is 8. The molecule has 2 nitrogen and oxygen atoms in total. The van der Waals surface area contributed by atoms with Gasteiger partial charge in [0.2, 0.25) is 0 Å². The van der Waals surface area contributed by atoms with Crippen molar-refractivity contribution in [3.8, 4) is 5.75 Å². The smallest absolute Gasteiger partial charge is 0.137 e. The van der Waals surface area contributed by atoms with Crippen LogP contribution in [0.5, 0.6) is 5.75 Å². The summed E-state index contributed by atoms with van der Waals surface area (Å²) in [6.45, 7) is 7.95. The maximum Gasteiger partial charge on any atom is 0.137 e. The second kappa shape index (κ2) is 8.68. The molecule has 0 fully saturated rings. The summed E-state index contributed by atoms with van der Waals surface area (Å²) in [7, 11) is 0. The SMILES string of the molecule is CCSCCOc1ccc(CNC(C)C)cc1Cl. The number of thioether (sulfide) groups is 1. The van der Waals surface area contributed by atoms with Gasteiger partial charge in [0.1, 0.15) is 5.75 Å². The number of ether oxygens (including phenoxy) is 1. The minimum Gasteiger partial charge on any atom is -0.491 e. The molecule has 0 aliphatic rings. The highest BCUT2D eigenvalue weighted by atomic mass is 35.5. The Morgan fingerprint density at radius 3 is 2.78 bits per heavy atom. The third-order valence-corrected chi connectivity index (χ3v) is 3.56. The maximum atomic E-state index is 6.20. The molecule has 0 saturated heterocycles. The van der Waals surface area contributed by atoms with Gasteiger partial charge in [0.15, 0.2) is 0 Å². The van der Waals surface area contributed by atoms with Crippen LogP contribution in [-0.2, 0) is 6.54 Å². The molecule has 0 bridgehead atoms. The minimum atomic E-state index is 0.478. The maximum absolute atomic E-state index is 6.20. The minimum absolute atomic E-state index is 0.478. The Morgan fingerprint density at radius 2 is 2.17 bits per heavy atom. The van der Waals surface area contributed by atoms with Crippen molar-refractivity contribution in [2.24, 2.45) is 0 Å². The topological polar surface area (TPSA) is 21.3 Å². The molecular formula is C14H22ClNOS. The van der Waals surface area contributed by atoms with Crippen molar-refractivity contribution in [3.63, 3.8) is 0 Å². The number of halogens is 1. The molecule has 0 aliphatic carbocycles. The lowest BCUT2D eigenvalue weighted by molar-refractivity contribution is 0.344. The molecule has 1 rings (SSSR count). The van der Waals surface area contributed by atoms with Gasteiger partial charge in [-0.25, -0.2) is 0 Å². The molecule has 0 spiro atoms. The first kappa shape index (κ1) is 15.7. The van der Waals surface area contributed by atoms with Gasteiger partial charge < -0.3 is 10.1 Å². The fraction of sp³-hybridized carbons (Fsp3) is 0.571. The molecule has 1 N–H and O–H groups in total. The Balaban J connectivity index is 2.46. The Bertz CT molecular complexity index is 358. The Labute approximate surface area is 119 Å². The first-order chi connectivity index (χ1) is 8.63. The summed E-state index contributed by atoms with van der Waals surface area (Å²) < 4.78 is 5.65. The fourth-order valence-electron chi connectivity index (χ4n) is 1.45. The monoisotopic (exact) mass is 287 g/mol. The van der Waals surface area contributed by atoms with Crippen molar-refractivity contribution in [1.82, 2.24) is 5.32 Å². The number of benzene rings is 1. The van der Waals surface area contributed by atoms with E-state index in [-0.39, 0.29) is 0 Å². The largest absolute Gasteiger partial charge is 0.491 e. The van der Waals surface area contributed by atoms with Gasteiger partial charge in [-0.15, -0.1) is 0 Å². The summed E-state index contributed by atoms with van der Waals surface area (Å²) in [5, 5.41) is 4.06. The lowest BCUT2D eigenvalue weighted by atomic mass is 10.2. The lowest BCUT2D eigenvalue weighted by Crippen LogP contribution is -2.21. The zero-order chi connectivity index (χ0) is 13.4. The van der Waals surface area contributed by atoms with Crippen molar-refractivity contribution in [3.05, 3.63) is 28.8 Å². The van der Waals surface area contributed by atoms with E-state index in [2.05, 4.69) is 32.2 Å². The van der Waals surface area contributed by atoms with E-state index in [1.54, 1.807) is 0 Å². The summed E-state index contributed by atoms with van der Waals surface area (Å²) in [4.78, 5) is 0. The van der Waals surface area contributed by atoms with Crippen molar-refractivity contribution in [2.75, 3.05) is 18.1 Å². The van der Waals surface area contributed by atoms with Gasteiger partial charge in [0.25, 0.3) is 0 Å². The third-order valence-electron chi connectivity index (χ3n) is 2.40. The summed E-state index contributed by atoms with van der Waals surface area (Å²) in [6, 6.07) is 6.46. The second-order valence-corrected chi connectivity index (χ2v) is 6.15. The second-order valence-electron chi connectivity index (χ2n) is 4.35. The predicted molar refractivity (Wildman–Crippen MR) is 81.9 cm³/mol. The lowest BCUT2D eigenvalue weighted by Gasteiger charge is -2.11.